The number of halogens is 11. The van der Waals surface area contributed by atoms with Crippen molar-refractivity contribution < 1.29 is 77.7 Å². The van der Waals surface area contributed by atoms with Gasteiger partial charge in [-0.1, -0.05) is 83.4 Å². The SMILES string of the molecule is CC(C)P(CN1[B]N(CP(C(C)C)C(C)C)c2ccccc21)C(C)C.F[C-](F)C(F)(F)C(F)(F)C(F)F.O=C(O)C(F)(F)F.[Rh]. The van der Waals surface area contributed by atoms with Gasteiger partial charge in [-0.3, -0.25) is 0 Å². The molecule has 0 saturated heterocycles. The Labute approximate surface area is 273 Å². The van der Waals surface area contributed by atoms with E-state index in [9.17, 15) is 48.3 Å². The van der Waals surface area contributed by atoms with Crippen molar-refractivity contribution >= 4 is 40.7 Å². The van der Waals surface area contributed by atoms with Crippen LogP contribution in [0.4, 0.5) is 59.7 Å². The van der Waals surface area contributed by atoms with E-state index in [-0.39, 0.29) is 35.3 Å². The number of aliphatic carboxylic acids is 1. The maximum atomic E-state index is 11.6. The molecule has 0 amide bonds. The predicted molar refractivity (Wildman–Crippen MR) is 156 cm³/mol. The largest absolute Gasteiger partial charge is 0.490 e. The quantitative estimate of drug-likeness (QED) is 0.105. The number of carbonyl (C=O) groups is 1. The molecule has 2 rings (SSSR count). The van der Waals surface area contributed by atoms with Gasteiger partial charge in [0, 0.05) is 43.4 Å². The number of carboxylic acid groups (broad SMARTS) is 1. The molecule has 1 aromatic carbocycles. The van der Waals surface area contributed by atoms with E-state index in [2.05, 4.69) is 96.8 Å². The molecule has 0 aromatic heterocycles. The summed E-state index contributed by atoms with van der Waals surface area (Å²) < 4.78 is 122. The summed E-state index contributed by atoms with van der Waals surface area (Å²) in [4.78, 5) is 14.0. The summed E-state index contributed by atoms with van der Waals surface area (Å²) in [5, 5.41) is 7.12. The molecule has 4 nitrogen and oxygen atoms in total. The Morgan fingerprint density at radius 2 is 1.07 bits per heavy atom. The molecule has 1 heterocycles. The van der Waals surface area contributed by atoms with Crippen LogP contribution in [-0.4, -0.2) is 78.3 Å². The Morgan fingerprint density at radius 1 is 0.778 bits per heavy atom. The molecule has 0 spiro atoms. The second-order valence-electron chi connectivity index (χ2n) is 10.8. The van der Waals surface area contributed by atoms with Crippen molar-refractivity contribution in [1.82, 2.24) is 0 Å². The normalized spacial score (nSPS) is 13.8. The molecule has 1 aliphatic rings. The Morgan fingerprint density at radius 3 is 1.24 bits per heavy atom. The van der Waals surface area contributed by atoms with Gasteiger partial charge in [0.25, 0.3) is 5.92 Å². The van der Waals surface area contributed by atoms with Gasteiger partial charge in [-0.2, -0.15) is 22.0 Å². The molecule has 1 aliphatic heterocycles. The average molecular weight is 795 g/mol. The fourth-order valence-electron chi connectivity index (χ4n) is 3.93. The third-order valence-electron chi connectivity index (χ3n) is 6.24. The van der Waals surface area contributed by atoms with E-state index in [1.54, 1.807) is 0 Å². The minimum absolute atomic E-state index is 0. The van der Waals surface area contributed by atoms with Crippen molar-refractivity contribution in [2.24, 2.45) is 0 Å². The number of nitrogens with zero attached hydrogens (tertiary/aromatic N) is 2. The van der Waals surface area contributed by atoms with E-state index in [0.717, 1.165) is 22.6 Å². The molecule has 0 unspecified atom stereocenters. The molecule has 0 saturated carbocycles. The zero-order valence-corrected chi connectivity index (χ0v) is 29.3. The van der Waals surface area contributed by atoms with Crippen molar-refractivity contribution in [3.63, 3.8) is 0 Å². The summed E-state index contributed by atoms with van der Waals surface area (Å²) in [6, 6.07) is 8.97. The number of alkyl halides is 9. The smallest absolute Gasteiger partial charge is 0.475 e. The molecule has 264 valence electrons. The molecule has 1 N–H and O–H groups in total. The fourth-order valence-corrected chi connectivity index (χ4v) is 8.77. The van der Waals surface area contributed by atoms with Crippen LogP contribution in [0.5, 0.6) is 0 Å². The zero-order valence-electron chi connectivity index (χ0n) is 25.8. The van der Waals surface area contributed by atoms with Crippen LogP contribution < -0.4 is 9.62 Å². The molecule has 0 bridgehead atoms. The van der Waals surface area contributed by atoms with E-state index in [1.807, 2.05) is 0 Å². The molecule has 19 heteroatoms. The molecule has 2 radical (unpaired) electrons. The van der Waals surface area contributed by atoms with Gasteiger partial charge >= 0.3 is 32.0 Å². The van der Waals surface area contributed by atoms with Gasteiger partial charge in [-0.25, -0.2) is 22.4 Å². The van der Waals surface area contributed by atoms with E-state index < -0.39 is 36.8 Å². The minimum atomic E-state index is -6.08. The summed E-state index contributed by atoms with van der Waals surface area (Å²) in [6.07, 6.45) is -11.6. The summed E-state index contributed by atoms with van der Waals surface area (Å²) in [6.45, 7) is 19.1. The third-order valence-corrected chi connectivity index (χ3v) is 12.8. The van der Waals surface area contributed by atoms with Crippen LogP contribution in [0.2, 0.25) is 0 Å². The first-order valence-electron chi connectivity index (χ1n) is 13.3. The van der Waals surface area contributed by atoms with Crippen LogP contribution >= 0.6 is 15.8 Å². The fraction of sp³-hybridized carbons (Fsp3) is 0.692. The predicted octanol–water partition coefficient (Wildman–Crippen LogP) is 9.94. The standard InChI is InChI=1S/C20H36BN2P2.C4HF8.C2HF3O2.Rh/c1-15(2)24(16(3)4)13-22-19-11-9-10-12-20(19)23(21-22)14-25(17(5)6)18(7)8;5-1(6)3(9,10)4(11,12)2(7)8;3-2(4,5)1(6)7;/h9-12,15-18H,13-14H2,1-8H3;1H;(H,6,7);/q;-1;;. The number of benzene rings is 1. The molecule has 45 heavy (non-hydrogen) atoms. The zero-order chi connectivity index (χ0) is 35.0. The summed E-state index contributed by atoms with van der Waals surface area (Å²) in [5.41, 5.74) is 5.89. The Hall–Kier alpha value is -0.932. The van der Waals surface area contributed by atoms with Crippen LogP contribution in [0.1, 0.15) is 55.4 Å². The van der Waals surface area contributed by atoms with Crippen LogP contribution in [0, 0.1) is 6.43 Å². The van der Waals surface area contributed by atoms with E-state index in [0.29, 0.717) is 0 Å². The number of carboxylic acids is 1. The molecule has 0 aliphatic carbocycles. The second kappa shape index (κ2) is 19.2. The topological polar surface area (TPSA) is 43.8 Å². The monoisotopic (exact) mass is 795 g/mol. The van der Waals surface area contributed by atoms with Crippen molar-refractivity contribution in [1.29, 1.82) is 0 Å². The second-order valence-corrected chi connectivity index (χ2v) is 17.5. The third kappa shape index (κ3) is 13.6. The van der Waals surface area contributed by atoms with Gasteiger partial charge in [0.1, 0.15) is 0 Å². The van der Waals surface area contributed by atoms with Gasteiger partial charge in [-0.05, 0) is 34.8 Å². The average Bonchev–Trinajstić information content (AvgIpc) is 3.22. The summed E-state index contributed by atoms with van der Waals surface area (Å²) in [5.74, 6) is -14.9. The maximum Gasteiger partial charge on any atom is 0.490 e. The van der Waals surface area contributed by atoms with Gasteiger partial charge in [0.05, 0.1) is 6.43 Å². The Balaban J connectivity index is 0. The van der Waals surface area contributed by atoms with E-state index in [1.165, 1.54) is 23.9 Å². The van der Waals surface area contributed by atoms with E-state index in [4.69, 9.17) is 9.90 Å². The minimum Gasteiger partial charge on any atom is -0.475 e. The first-order valence-corrected chi connectivity index (χ1v) is 16.6. The van der Waals surface area contributed by atoms with Crippen LogP contribution in [0.15, 0.2) is 24.3 Å². The van der Waals surface area contributed by atoms with Crippen LogP contribution in [-0.2, 0) is 24.3 Å². The number of hydrogen-bond donors (Lipinski definition) is 1. The van der Waals surface area contributed by atoms with Crippen LogP contribution in [0.3, 0.4) is 0 Å². The van der Waals surface area contributed by atoms with Crippen molar-refractivity contribution in [3.8, 4) is 0 Å². The van der Waals surface area contributed by atoms with Gasteiger partial charge in [0.2, 0.25) is 0 Å². The van der Waals surface area contributed by atoms with Crippen molar-refractivity contribution in [3.05, 3.63) is 30.7 Å². The summed E-state index contributed by atoms with van der Waals surface area (Å²) in [7, 11) is 2.40. The van der Waals surface area contributed by atoms with Gasteiger partial charge in [0.15, 0.2) is 0 Å². The molecular weight excluding hydrogens is 757 g/mol. The first-order chi connectivity index (χ1) is 19.8. The first kappa shape index (κ1) is 46.2. The molecule has 0 fully saturated rings. The van der Waals surface area contributed by atoms with Crippen molar-refractivity contribution in [2.45, 2.75) is 102 Å². The molecule has 1 aromatic rings. The van der Waals surface area contributed by atoms with Gasteiger partial charge < -0.3 is 23.5 Å². The molecular formula is C26H38BF11N2O2P2Rh-. The number of para-hydroxylation sites is 2. The Bertz CT molecular complexity index is 942. The molecule has 0 atom stereocenters. The van der Waals surface area contributed by atoms with Gasteiger partial charge in [-0.15, -0.1) is 0 Å². The Kier molecular flexibility index (Phi) is 19.7. The number of hydrogen-bond acceptors (Lipinski definition) is 3. The number of anilines is 2. The number of rotatable bonds is 11. The maximum absolute atomic E-state index is 11.6. The summed E-state index contributed by atoms with van der Waals surface area (Å²) >= 11 is 0. The van der Waals surface area contributed by atoms with Crippen LogP contribution in [0.25, 0.3) is 0 Å². The van der Waals surface area contributed by atoms with Crippen molar-refractivity contribution in [2.75, 3.05) is 22.2 Å². The van der Waals surface area contributed by atoms with E-state index >= 15 is 0 Å². The number of fused-ring (bicyclic) bond motifs is 1.